The maximum atomic E-state index is 6.24. The molecule has 0 bridgehead atoms. The molecule has 0 saturated heterocycles. The minimum Gasteiger partial charge on any atom is -0.548 e. The Kier molecular flexibility index (Phi) is 5.89. The van der Waals surface area contributed by atoms with E-state index in [0.717, 1.165) is 5.76 Å². The van der Waals surface area contributed by atoms with E-state index < -0.39 is 16.4 Å². The maximum Gasteiger partial charge on any atom is 0.241 e. The van der Waals surface area contributed by atoms with Gasteiger partial charge in [0.15, 0.2) is 0 Å². The molecule has 3 heteroatoms. The molecule has 2 aromatic carbocycles. The van der Waals surface area contributed by atoms with E-state index in [1.165, 1.54) is 10.8 Å². The Bertz CT molecular complexity index is 670. The zero-order valence-electron chi connectivity index (χ0n) is 15.8. The number of benzene rings is 2. The van der Waals surface area contributed by atoms with Crippen molar-refractivity contribution >= 4 is 21.6 Å². The standard InChI is InChI=1S/C21H30OSi2/c1-18(22-23(2,3)4)17-21(19-13-9-7-10-14-19)24(5,6)20-15-11-8-12-16-20/h7-17,21H,1-6H3/b18-17-. The van der Waals surface area contributed by atoms with Crippen LogP contribution >= 0.6 is 0 Å². The van der Waals surface area contributed by atoms with Crippen LogP contribution in [0, 0.1) is 0 Å². The average molecular weight is 355 g/mol. The quantitative estimate of drug-likeness (QED) is 0.479. The molecule has 0 N–H and O–H groups in total. The van der Waals surface area contributed by atoms with E-state index in [2.05, 4.69) is 106 Å². The summed E-state index contributed by atoms with van der Waals surface area (Å²) in [5.74, 6) is 1.07. The van der Waals surface area contributed by atoms with E-state index in [0.29, 0.717) is 5.54 Å². The minimum atomic E-state index is -1.73. The first kappa shape index (κ1) is 18.7. The molecular weight excluding hydrogens is 324 g/mol. The summed E-state index contributed by atoms with van der Waals surface area (Å²) in [5.41, 5.74) is 1.79. The second kappa shape index (κ2) is 7.53. The molecule has 0 aliphatic carbocycles. The fourth-order valence-electron chi connectivity index (χ4n) is 3.18. The van der Waals surface area contributed by atoms with Gasteiger partial charge in [-0.3, -0.25) is 0 Å². The van der Waals surface area contributed by atoms with E-state index >= 15 is 0 Å². The van der Waals surface area contributed by atoms with Gasteiger partial charge in [0.1, 0.15) is 0 Å². The van der Waals surface area contributed by atoms with E-state index in [9.17, 15) is 0 Å². The normalized spacial score (nSPS) is 14.3. The Balaban J connectivity index is 2.46. The van der Waals surface area contributed by atoms with Crippen molar-refractivity contribution in [2.75, 3.05) is 0 Å². The van der Waals surface area contributed by atoms with Crippen LogP contribution in [0.15, 0.2) is 72.5 Å². The van der Waals surface area contributed by atoms with Gasteiger partial charge in [0.25, 0.3) is 0 Å². The van der Waals surface area contributed by atoms with Crippen molar-refractivity contribution in [2.24, 2.45) is 0 Å². The van der Waals surface area contributed by atoms with Gasteiger partial charge in [-0.2, -0.15) is 0 Å². The summed E-state index contributed by atoms with van der Waals surface area (Å²) in [5, 5.41) is 1.48. The summed E-state index contributed by atoms with van der Waals surface area (Å²) in [7, 11) is -3.31. The lowest BCUT2D eigenvalue weighted by atomic mass is 10.1. The number of hydrogen-bond donors (Lipinski definition) is 0. The third-order valence-electron chi connectivity index (χ3n) is 4.32. The van der Waals surface area contributed by atoms with Gasteiger partial charge in [-0.1, -0.05) is 78.9 Å². The highest BCUT2D eigenvalue weighted by atomic mass is 28.4. The fraction of sp³-hybridized carbons (Fsp3) is 0.333. The molecular formula is C21H30OSi2. The summed E-state index contributed by atoms with van der Waals surface area (Å²) in [6.07, 6.45) is 2.37. The molecule has 0 spiro atoms. The molecule has 2 aromatic rings. The average Bonchev–Trinajstić information content (AvgIpc) is 2.52. The Hall–Kier alpha value is -1.59. The molecule has 1 unspecified atom stereocenters. The van der Waals surface area contributed by atoms with Crippen LogP contribution in [0.4, 0.5) is 0 Å². The highest BCUT2D eigenvalue weighted by Gasteiger charge is 2.34. The first-order chi connectivity index (χ1) is 11.2. The molecule has 0 saturated carbocycles. The molecule has 2 rings (SSSR count). The van der Waals surface area contributed by atoms with Crippen molar-refractivity contribution in [1.82, 2.24) is 0 Å². The molecule has 1 atom stereocenters. The van der Waals surface area contributed by atoms with Gasteiger partial charge < -0.3 is 4.43 Å². The molecule has 0 heterocycles. The van der Waals surface area contributed by atoms with Gasteiger partial charge >= 0.3 is 0 Å². The lowest BCUT2D eigenvalue weighted by Crippen LogP contribution is -2.47. The van der Waals surface area contributed by atoms with Gasteiger partial charge in [0, 0.05) is 5.54 Å². The first-order valence-electron chi connectivity index (χ1n) is 8.68. The van der Waals surface area contributed by atoms with Crippen molar-refractivity contribution in [3.63, 3.8) is 0 Å². The summed E-state index contributed by atoms with van der Waals surface area (Å²) in [6.45, 7) is 13.7. The van der Waals surface area contributed by atoms with Crippen LogP contribution in [0.2, 0.25) is 32.7 Å². The Morgan fingerprint density at radius 3 is 1.83 bits per heavy atom. The number of allylic oxidation sites excluding steroid dienone is 2. The van der Waals surface area contributed by atoms with Crippen LogP contribution < -0.4 is 5.19 Å². The molecule has 24 heavy (non-hydrogen) atoms. The highest BCUT2D eigenvalue weighted by molar-refractivity contribution is 6.91. The Labute approximate surface area is 149 Å². The second-order valence-corrected chi connectivity index (χ2v) is 17.0. The largest absolute Gasteiger partial charge is 0.548 e. The predicted molar refractivity (Wildman–Crippen MR) is 111 cm³/mol. The van der Waals surface area contributed by atoms with E-state index in [4.69, 9.17) is 4.43 Å². The molecule has 128 valence electrons. The molecule has 0 aromatic heterocycles. The Morgan fingerprint density at radius 2 is 1.33 bits per heavy atom. The third kappa shape index (κ3) is 4.95. The summed E-state index contributed by atoms with van der Waals surface area (Å²) in [6, 6.07) is 21.8. The number of hydrogen-bond acceptors (Lipinski definition) is 1. The zero-order chi connectivity index (χ0) is 17.8. The predicted octanol–water partition coefficient (Wildman–Crippen LogP) is 5.68. The summed E-state index contributed by atoms with van der Waals surface area (Å²) < 4.78 is 6.24. The van der Waals surface area contributed by atoms with Gasteiger partial charge in [-0.25, -0.2) is 0 Å². The number of rotatable bonds is 6. The van der Waals surface area contributed by atoms with E-state index in [1.807, 2.05) is 0 Å². The van der Waals surface area contributed by atoms with Crippen molar-refractivity contribution in [2.45, 2.75) is 45.2 Å². The van der Waals surface area contributed by atoms with Crippen molar-refractivity contribution < 1.29 is 4.43 Å². The van der Waals surface area contributed by atoms with Crippen LogP contribution in [0.5, 0.6) is 0 Å². The second-order valence-electron chi connectivity index (χ2n) is 7.97. The zero-order valence-corrected chi connectivity index (χ0v) is 17.8. The van der Waals surface area contributed by atoms with Crippen LogP contribution in [-0.2, 0) is 4.43 Å². The molecule has 0 fully saturated rings. The third-order valence-corrected chi connectivity index (χ3v) is 9.13. The minimum absolute atomic E-state index is 0.400. The monoisotopic (exact) mass is 354 g/mol. The molecule has 0 aliphatic heterocycles. The van der Waals surface area contributed by atoms with E-state index in [-0.39, 0.29) is 0 Å². The fourth-order valence-corrected chi connectivity index (χ4v) is 7.30. The molecule has 1 nitrogen and oxygen atoms in total. The van der Waals surface area contributed by atoms with Crippen molar-refractivity contribution in [3.05, 3.63) is 78.1 Å². The summed E-state index contributed by atoms with van der Waals surface area (Å²) >= 11 is 0. The summed E-state index contributed by atoms with van der Waals surface area (Å²) in [4.78, 5) is 0. The van der Waals surface area contributed by atoms with Gasteiger partial charge in [0.05, 0.1) is 13.8 Å². The van der Waals surface area contributed by atoms with Crippen molar-refractivity contribution in [1.29, 1.82) is 0 Å². The van der Waals surface area contributed by atoms with Crippen LogP contribution in [-0.4, -0.2) is 16.4 Å². The van der Waals surface area contributed by atoms with Gasteiger partial charge in [0.2, 0.25) is 8.32 Å². The van der Waals surface area contributed by atoms with Crippen LogP contribution in [0.25, 0.3) is 0 Å². The highest BCUT2D eigenvalue weighted by Crippen LogP contribution is 2.30. The molecule has 0 amide bonds. The maximum absolute atomic E-state index is 6.24. The molecule has 0 aliphatic rings. The topological polar surface area (TPSA) is 9.23 Å². The van der Waals surface area contributed by atoms with Crippen LogP contribution in [0.1, 0.15) is 18.0 Å². The van der Waals surface area contributed by atoms with E-state index in [1.54, 1.807) is 0 Å². The SMILES string of the molecule is C/C(=C/C(c1ccccc1)[Si](C)(C)c1ccccc1)O[Si](C)(C)C. The lowest BCUT2D eigenvalue weighted by molar-refractivity contribution is 0.421. The first-order valence-corrected chi connectivity index (χ1v) is 15.2. The lowest BCUT2D eigenvalue weighted by Gasteiger charge is -2.32. The van der Waals surface area contributed by atoms with Gasteiger partial charge in [-0.05, 0) is 38.2 Å². The Morgan fingerprint density at radius 1 is 0.833 bits per heavy atom. The molecule has 0 radical (unpaired) electrons. The van der Waals surface area contributed by atoms with Gasteiger partial charge in [-0.15, -0.1) is 0 Å². The van der Waals surface area contributed by atoms with Crippen LogP contribution in [0.3, 0.4) is 0 Å². The van der Waals surface area contributed by atoms with Crippen molar-refractivity contribution in [3.8, 4) is 0 Å². The smallest absolute Gasteiger partial charge is 0.241 e.